The van der Waals surface area contributed by atoms with Crippen molar-refractivity contribution in [3.63, 3.8) is 0 Å². The van der Waals surface area contributed by atoms with Gasteiger partial charge in [-0.2, -0.15) is 0 Å². The second kappa shape index (κ2) is 7.56. The van der Waals surface area contributed by atoms with Crippen LogP contribution >= 0.6 is 0 Å². The molecule has 0 radical (unpaired) electrons. The Morgan fingerprint density at radius 3 is 2.58 bits per heavy atom. The molecule has 136 valence electrons. The zero-order valence-corrected chi connectivity index (χ0v) is 15.7. The monoisotopic (exact) mass is 351 g/mol. The first-order valence-electron chi connectivity index (χ1n) is 8.69. The summed E-state index contributed by atoms with van der Waals surface area (Å²) in [5.74, 6) is 2.22. The molecular weight excluding hydrogens is 326 g/mol. The summed E-state index contributed by atoms with van der Waals surface area (Å²) in [7, 11) is 1.75. The molecule has 2 aromatic heterocycles. The van der Waals surface area contributed by atoms with Crippen molar-refractivity contribution >= 4 is 16.9 Å². The van der Waals surface area contributed by atoms with Crippen molar-refractivity contribution in [2.24, 2.45) is 4.99 Å². The highest BCUT2D eigenvalue weighted by atomic mass is 16.4. The van der Waals surface area contributed by atoms with E-state index in [1.807, 2.05) is 30.5 Å². The number of rotatable bonds is 4. The van der Waals surface area contributed by atoms with Crippen LogP contribution in [0.25, 0.3) is 10.9 Å². The maximum absolute atomic E-state index is 5.80. The minimum atomic E-state index is -0.0480. The molecule has 0 unspecified atom stereocenters. The summed E-state index contributed by atoms with van der Waals surface area (Å²) in [4.78, 5) is 13.0. The SMILES string of the molecule is CN=C(NCc1ncc(C(C)(C)C)o1)NCc1ccnc2ccccc12. The predicted octanol–water partition coefficient (Wildman–Crippen LogP) is 3.39. The van der Waals surface area contributed by atoms with E-state index in [4.69, 9.17) is 4.42 Å². The summed E-state index contributed by atoms with van der Waals surface area (Å²) in [5, 5.41) is 7.70. The lowest BCUT2D eigenvalue weighted by atomic mass is 9.94. The van der Waals surface area contributed by atoms with Crippen molar-refractivity contribution in [3.8, 4) is 0 Å². The number of aromatic nitrogens is 2. The molecule has 26 heavy (non-hydrogen) atoms. The van der Waals surface area contributed by atoms with Crippen LogP contribution in [0.1, 0.15) is 38.0 Å². The largest absolute Gasteiger partial charge is 0.443 e. The number of hydrogen-bond acceptors (Lipinski definition) is 4. The lowest BCUT2D eigenvalue weighted by molar-refractivity contribution is 0.379. The molecule has 2 N–H and O–H groups in total. The Hall–Kier alpha value is -2.89. The Bertz CT molecular complexity index is 902. The third-order valence-corrected chi connectivity index (χ3v) is 4.11. The van der Waals surface area contributed by atoms with Crippen LogP contribution in [0.5, 0.6) is 0 Å². The smallest absolute Gasteiger partial charge is 0.213 e. The van der Waals surface area contributed by atoms with Gasteiger partial charge >= 0.3 is 0 Å². The van der Waals surface area contributed by atoms with Crippen LogP contribution in [-0.2, 0) is 18.5 Å². The van der Waals surface area contributed by atoms with Crippen LogP contribution in [-0.4, -0.2) is 23.0 Å². The molecule has 0 atom stereocenters. The van der Waals surface area contributed by atoms with Gasteiger partial charge in [0.25, 0.3) is 0 Å². The number of benzene rings is 1. The van der Waals surface area contributed by atoms with E-state index in [-0.39, 0.29) is 5.41 Å². The van der Waals surface area contributed by atoms with E-state index in [2.05, 4.69) is 52.4 Å². The predicted molar refractivity (Wildman–Crippen MR) is 104 cm³/mol. The molecule has 0 spiro atoms. The van der Waals surface area contributed by atoms with E-state index in [1.54, 1.807) is 13.2 Å². The van der Waals surface area contributed by atoms with Crippen molar-refractivity contribution in [2.75, 3.05) is 7.05 Å². The van der Waals surface area contributed by atoms with Gasteiger partial charge in [0.2, 0.25) is 5.89 Å². The molecule has 0 aliphatic rings. The maximum atomic E-state index is 5.80. The highest BCUT2D eigenvalue weighted by Crippen LogP contribution is 2.22. The van der Waals surface area contributed by atoms with E-state index >= 15 is 0 Å². The normalized spacial score (nSPS) is 12.4. The van der Waals surface area contributed by atoms with Crippen LogP contribution in [0.15, 0.2) is 52.1 Å². The summed E-state index contributed by atoms with van der Waals surface area (Å²) < 4.78 is 5.80. The van der Waals surface area contributed by atoms with Gasteiger partial charge in [-0.1, -0.05) is 39.0 Å². The Morgan fingerprint density at radius 1 is 1.08 bits per heavy atom. The fraction of sp³-hybridized carbons (Fsp3) is 0.350. The second-order valence-corrected chi connectivity index (χ2v) is 7.13. The summed E-state index contributed by atoms with van der Waals surface area (Å²) in [6, 6.07) is 10.1. The molecule has 6 heteroatoms. The van der Waals surface area contributed by atoms with Crippen LogP contribution in [0.4, 0.5) is 0 Å². The quantitative estimate of drug-likeness (QED) is 0.557. The van der Waals surface area contributed by atoms with E-state index < -0.39 is 0 Å². The summed E-state index contributed by atoms with van der Waals surface area (Å²) in [6.07, 6.45) is 3.62. The van der Waals surface area contributed by atoms with E-state index in [0.717, 1.165) is 16.7 Å². The molecule has 2 heterocycles. The fourth-order valence-electron chi connectivity index (χ4n) is 2.61. The minimum Gasteiger partial charge on any atom is -0.443 e. The van der Waals surface area contributed by atoms with Crippen LogP contribution in [0.3, 0.4) is 0 Å². The maximum Gasteiger partial charge on any atom is 0.213 e. The Kier molecular flexibility index (Phi) is 5.21. The molecule has 0 saturated carbocycles. The second-order valence-electron chi connectivity index (χ2n) is 7.13. The van der Waals surface area contributed by atoms with Gasteiger partial charge < -0.3 is 15.1 Å². The number of nitrogens with one attached hydrogen (secondary N) is 2. The number of fused-ring (bicyclic) bond motifs is 1. The molecule has 0 bridgehead atoms. The molecule has 3 rings (SSSR count). The zero-order chi connectivity index (χ0) is 18.6. The lowest BCUT2D eigenvalue weighted by Crippen LogP contribution is -2.36. The number of guanidine groups is 1. The van der Waals surface area contributed by atoms with Gasteiger partial charge in [-0.15, -0.1) is 0 Å². The first-order chi connectivity index (χ1) is 12.5. The van der Waals surface area contributed by atoms with Gasteiger partial charge in [0.15, 0.2) is 5.96 Å². The number of oxazole rings is 1. The molecule has 0 saturated heterocycles. The number of para-hydroxylation sites is 1. The molecular formula is C20H25N5O. The Labute approximate surface area is 153 Å². The topological polar surface area (TPSA) is 75.3 Å². The third kappa shape index (κ3) is 4.20. The van der Waals surface area contributed by atoms with E-state index in [0.29, 0.717) is 24.9 Å². The third-order valence-electron chi connectivity index (χ3n) is 4.11. The molecule has 6 nitrogen and oxygen atoms in total. The summed E-state index contributed by atoms with van der Waals surface area (Å²) in [6.45, 7) is 7.44. The first-order valence-corrected chi connectivity index (χ1v) is 8.69. The minimum absolute atomic E-state index is 0.0480. The van der Waals surface area contributed by atoms with E-state index in [1.165, 1.54) is 5.56 Å². The average molecular weight is 351 g/mol. The molecule has 0 aliphatic heterocycles. The van der Waals surface area contributed by atoms with Gasteiger partial charge in [-0.3, -0.25) is 9.98 Å². The standard InChI is InChI=1S/C20H25N5O/c1-20(2,3)17-12-23-18(26-17)13-25-19(21-4)24-11-14-9-10-22-16-8-6-5-7-15(14)16/h5-10,12H,11,13H2,1-4H3,(H2,21,24,25). The van der Waals surface area contributed by atoms with Crippen molar-refractivity contribution < 1.29 is 4.42 Å². The van der Waals surface area contributed by atoms with E-state index in [9.17, 15) is 0 Å². The molecule has 1 aromatic carbocycles. The zero-order valence-electron chi connectivity index (χ0n) is 15.7. The van der Waals surface area contributed by atoms with Gasteiger partial charge in [0.05, 0.1) is 18.3 Å². The highest BCUT2D eigenvalue weighted by molar-refractivity contribution is 5.83. The Morgan fingerprint density at radius 2 is 1.85 bits per heavy atom. The summed E-state index contributed by atoms with van der Waals surface area (Å²) >= 11 is 0. The van der Waals surface area contributed by atoms with Crippen LogP contribution < -0.4 is 10.6 Å². The molecule has 0 fully saturated rings. The van der Waals surface area contributed by atoms with Gasteiger partial charge in [0.1, 0.15) is 5.76 Å². The van der Waals surface area contributed by atoms with Gasteiger partial charge in [0, 0.05) is 30.6 Å². The van der Waals surface area contributed by atoms with Crippen molar-refractivity contribution in [2.45, 2.75) is 39.3 Å². The number of aliphatic imine (C=N–C) groups is 1. The van der Waals surface area contributed by atoms with Crippen LogP contribution in [0, 0.1) is 0 Å². The number of nitrogens with zero attached hydrogens (tertiary/aromatic N) is 3. The average Bonchev–Trinajstić information content (AvgIpc) is 3.11. The van der Waals surface area contributed by atoms with Gasteiger partial charge in [-0.05, 0) is 17.7 Å². The fourth-order valence-corrected chi connectivity index (χ4v) is 2.61. The highest BCUT2D eigenvalue weighted by Gasteiger charge is 2.19. The summed E-state index contributed by atoms with van der Waals surface area (Å²) in [5.41, 5.74) is 2.11. The number of hydrogen-bond donors (Lipinski definition) is 2. The number of pyridine rings is 1. The van der Waals surface area contributed by atoms with Crippen molar-refractivity contribution in [1.29, 1.82) is 0 Å². The molecule has 0 aliphatic carbocycles. The Balaban J connectivity index is 1.61. The van der Waals surface area contributed by atoms with Gasteiger partial charge in [-0.25, -0.2) is 4.98 Å². The van der Waals surface area contributed by atoms with Crippen molar-refractivity contribution in [3.05, 3.63) is 59.9 Å². The first kappa shape index (κ1) is 17.9. The van der Waals surface area contributed by atoms with Crippen LogP contribution in [0.2, 0.25) is 0 Å². The molecule has 0 amide bonds. The molecule has 3 aromatic rings. The van der Waals surface area contributed by atoms with Crippen molar-refractivity contribution in [1.82, 2.24) is 20.6 Å². The lowest BCUT2D eigenvalue weighted by Gasteiger charge is -2.14.